The van der Waals surface area contributed by atoms with Gasteiger partial charge >= 0.3 is 21.7 Å². The van der Waals surface area contributed by atoms with Crippen LogP contribution in [0.15, 0.2) is 36.4 Å². The van der Waals surface area contributed by atoms with Gasteiger partial charge in [-0.15, -0.1) is 5.19 Å². The molecule has 4 aromatic carbocycles. The molecule has 0 aromatic heterocycles. The van der Waals surface area contributed by atoms with Gasteiger partial charge in [-0.25, -0.2) is 0 Å². The summed E-state index contributed by atoms with van der Waals surface area (Å²) in [6.45, 7) is 16.2. The van der Waals surface area contributed by atoms with Crippen LogP contribution in [0, 0.1) is 48.5 Å². The second-order valence-electron chi connectivity index (χ2n) is 15.4. The van der Waals surface area contributed by atoms with Crippen molar-refractivity contribution >= 4 is 62.9 Å². The second kappa shape index (κ2) is 19.0. The van der Waals surface area contributed by atoms with E-state index in [1.54, 1.807) is 0 Å². The van der Waals surface area contributed by atoms with E-state index in [1.165, 1.54) is 93.8 Å². The molecule has 0 aliphatic carbocycles. The van der Waals surface area contributed by atoms with Crippen LogP contribution in [-0.4, -0.2) is 92.6 Å². The summed E-state index contributed by atoms with van der Waals surface area (Å²) >= 11 is 0. The average molecular weight is 834 g/mol. The van der Waals surface area contributed by atoms with Gasteiger partial charge in [-0.05, 0) is 53.0 Å². The Labute approximate surface area is 357 Å². The fourth-order valence-electron chi connectivity index (χ4n) is 8.62. The first-order valence-corrected chi connectivity index (χ1v) is 19.4. The van der Waals surface area contributed by atoms with Crippen molar-refractivity contribution in [2.75, 3.05) is 114 Å². The Kier molecular flexibility index (Phi) is 18.1. The maximum atomic E-state index is 2.49. The maximum absolute atomic E-state index is 3.23. The zero-order chi connectivity index (χ0) is 37.0. The minimum Gasteiger partial charge on any atom is -1.00 e. The van der Waals surface area contributed by atoms with Crippen molar-refractivity contribution in [1.29, 1.82) is 0 Å². The van der Waals surface area contributed by atoms with Gasteiger partial charge in [0, 0.05) is 84.6 Å². The van der Waals surface area contributed by atoms with E-state index >= 15 is 0 Å². The summed E-state index contributed by atoms with van der Waals surface area (Å²) in [6.07, 6.45) is 0. The largest absolute Gasteiger partial charge is 4.00 e. The van der Waals surface area contributed by atoms with Crippen LogP contribution in [0.2, 0.25) is 0 Å². The van der Waals surface area contributed by atoms with Crippen molar-refractivity contribution in [3.05, 3.63) is 75.3 Å². The summed E-state index contributed by atoms with van der Waals surface area (Å²) < 4.78 is 0. The van der Waals surface area contributed by atoms with Crippen LogP contribution in [-0.2, 0) is 21.7 Å². The third-order valence-electron chi connectivity index (χ3n) is 10.8. The van der Waals surface area contributed by atoms with Crippen LogP contribution in [0.1, 0.15) is 38.9 Å². The topological polar surface area (TPSA) is 19.4 Å². The van der Waals surface area contributed by atoms with Crippen molar-refractivity contribution in [3.63, 3.8) is 0 Å². The van der Waals surface area contributed by atoms with Crippen molar-refractivity contribution in [1.82, 2.24) is 0 Å². The van der Waals surface area contributed by atoms with Gasteiger partial charge in [0.2, 0.25) is 0 Å². The standard InChI is InChI=1S/C42H63N6Si.3ClH.Ti/c1-26-20-23-33(39(46(14)15)36(26)43(8)9)49(42-31(6)29(4)30(5)32(42)7,34-24-21-27(2)37(44(10)11)40(34)47(16)17)35-25-22-28(3)38(45(12)13)41(35)48(18)19;;;;/h20-25H,1-19H3;3*1H;/q-1;;;;+4/p-3. The number of hydrogen-bond acceptors (Lipinski definition) is 6. The minimum absolute atomic E-state index is 0. The predicted molar refractivity (Wildman–Crippen MR) is 225 cm³/mol. The van der Waals surface area contributed by atoms with E-state index in [0.29, 0.717) is 0 Å². The van der Waals surface area contributed by atoms with Crippen LogP contribution in [0.25, 0.3) is 0 Å². The first-order valence-electron chi connectivity index (χ1n) is 17.4. The molecule has 4 rings (SSSR count). The molecule has 6 nitrogen and oxygen atoms in total. The molecule has 0 heterocycles. The number of aryl methyl sites for hydroxylation is 3. The molecule has 4 aromatic rings. The van der Waals surface area contributed by atoms with E-state index in [4.69, 9.17) is 0 Å². The molecule has 11 heteroatoms. The first-order chi connectivity index (χ1) is 22.7. The van der Waals surface area contributed by atoms with Crippen LogP contribution in [0.3, 0.4) is 0 Å². The monoisotopic (exact) mass is 832 g/mol. The summed E-state index contributed by atoms with van der Waals surface area (Å²) in [4.78, 5) is 14.1. The predicted octanol–water partition coefficient (Wildman–Crippen LogP) is -3.65. The Morgan fingerprint density at radius 1 is 0.358 bits per heavy atom. The van der Waals surface area contributed by atoms with Crippen LogP contribution in [0.5, 0.6) is 0 Å². The van der Waals surface area contributed by atoms with Crippen molar-refractivity contribution in [2.24, 2.45) is 0 Å². The SMILES string of the molecule is Cc1ccc([Si](c2ccc(C)c(N(C)C)c2N(C)C)(c2ccc(C)c(N(C)C)c2N(C)C)[c-]2c(C)c(C)c(C)c2C)c(N(C)C)c1N(C)C.[Cl-].[Cl-].[Cl-].[Ti+4]. The maximum Gasteiger partial charge on any atom is 4.00 e. The van der Waals surface area contributed by atoms with E-state index in [0.717, 1.165) is 0 Å². The molecule has 0 fully saturated rings. The quantitative estimate of drug-likeness (QED) is 0.0928. The number of halogens is 3. The zero-order valence-corrected chi connectivity index (χ0v) is 40.6. The van der Waals surface area contributed by atoms with Crippen molar-refractivity contribution in [2.45, 2.75) is 48.5 Å². The molecule has 0 unspecified atom stereocenters. The Hall–Kier alpha value is -2.39. The Bertz CT molecular complexity index is 1690. The molecule has 0 bridgehead atoms. The van der Waals surface area contributed by atoms with Gasteiger partial charge in [-0.1, -0.05) is 64.1 Å². The van der Waals surface area contributed by atoms with Crippen LogP contribution >= 0.6 is 0 Å². The van der Waals surface area contributed by atoms with Crippen molar-refractivity contribution in [3.8, 4) is 0 Å². The molecule has 53 heavy (non-hydrogen) atoms. The van der Waals surface area contributed by atoms with Crippen LogP contribution < -0.4 is 87.4 Å². The van der Waals surface area contributed by atoms with E-state index in [2.05, 4.69) is 199 Å². The molecular formula is C42H63Cl3N6SiTi. The third kappa shape index (κ3) is 8.27. The normalized spacial score (nSPS) is 10.7. The van der Waals surface area contributed by atoms with Crippen molar-refractivity contribution < 1.29 is 58.9 Å². The van der Waals surface area contributed by atoms with E-state index < -0.39 is 8.07 Å². The average Bonchev–Trinajstić information content (AvgIpc) is 3.19. The number of hydrogen-bond donors (Lipinski definition) is 0. The first kappa shape index (κ1) is 50.6. The molecule has 0 aliphatic heterocycles. The van der Waals surface area contributed by atoms with Gasteiger partial charge in [0.15, 0.2) is 0 Å². The van der Waals surface area contributed by atoms with Gasteiger partial charge < -0.3 is 66.6 Å². The molecule has 0 radical (unpaired) electrons. The summed E-state index contributed by atoms with van der Waals surface area (Å²) in [5.41, 5.74) is 17.1. The molecular weight excluding hydrogens is 771 g/mol. The Morgan fingerprint density at radius 3 is 0.755 bits per heavy atom. The van der Waals surface area contributed by atoms with E-state index in [9.17, 15) is 0 Å². The second-order valence-corrected chi connectivity index (χ2v) is 19.0. The van der Waals surface area contributed by atoms with Gasteiger partial charge in [0.1, 0.15) is 8.07 Å². The van der Waals surface area contributed by atoms with Gasteiger partial charge in [0.05, 0.1) is 34.1 Å². The molecule has 0 saturated carbocycles. The van der Waals surface area contributed by atoms with Gasteiger partial charge in [0.25, 0.3) is 0 Å². The number of nitrogens with zero attached hydrogens (tertiary/aromatic N) is 6. The molecule has 290 valence electrons. The minimum atomic E-state index is -3.23. The third-order valence-corrected chi connectivity index (χ3v) is 15.9. The summed E-state index contributed by atoms with van der Waals surface area (Å²) in [6, 6.07) is 14.6. The molecule has 0 spiro atoms. The molecule has 0 aliphatic rings. The summed E-state index contributed by atoms with van der Waals surface area (Å²) in [5.74, 6) is 0. The Morgan fingerprint density at radius 2 is 0.566 bits per heavy atom. The number of anilines is 6. The zero-order valence-electron chi connectivity index (χ0n) is 35.8. The number of rotatable bonds is 10. The Balaban J connectivity index is 0.00000676. The van der Waals surface area contributed by atoms with Crippen LogP contribution in [0.4, 0.5) is 34.1 Å². The van der Waals surface area contributed by atoms with E-state index in [1.807, 2.05) is 0 Å². The molecule has 0 atom stereocenters. The summed E-state index contributed by atoms with van der Waals surface area (Å²) in [7, 11) is 23.3. The molecule has 0 saturated heterocycles. The number of benzene rings is 3. The smallest absolute Gasteiger partial charge is 1.00 e. The molecule has 0 amide bonds. The fourth-order valence-corrected chi connectivity index (χ4v) is 14.9. The van der Waals surface area contributed by atoms with Gasteiger partial charge in [-0.2, -0.15) is 22.3 Å². The van der Waals surface area contributed by atoms with E-state index in [-0.39, 0.29) is 58.9 Å². The summed E-state index contributed by atoms with van der Waals surface area (Å²) in [5, 5.41) is 5.75. The fraction of sp³-hybridized carbons (Fsp3) is 0.452. The van der Waals surface area contributed by atoms with Gasteiger partial charge in [-0.3, -0.25) is 0 Å². The molecule has 0 N–H and O–H groups in total.